The highest BCUT2D eigenvalue weighted by Crippen LogP contribution is 2.37. The van der Waals surface area contributed by atoms with E-state index >= 15 is 0 Å². The van der Waals surface area contributed by atoms with Crippen molar-refractivity contribution in [3.63, 3.8) is 0 Å². The number of rotatable bonds is 2. The van der Waals surface area contributed by atoms with Gasteiger partial charge in [0, 0.05) is 14.5 Å². The molecule has 2 aromatic rings. The summed E-state index contributed by atoms with van der Waals surface area (Å²) in [7, 11) is 0. The van der Waals surface area contributed by atoms with Crippen molar-refractivity contribution in [2.75, 3.05) is 0 Å². The number of hydrogen-bond acceptors (Lipinski definition) is 1. The first-order valence-corrected chi connectivity index (χ1v) is 8.54. The first-order chi connectivity index (χ1) is 9.75. The van der Waals surface area contributed by atoms with Crippen LogP contribution in [0.15, 0.2) is 27.1 Å². The summed E-state index contributed by atoms with van der Waals surface area (Å²) >= 11 is 7.03. The second-order valence-electron chi connectivity index (χ2n) is 5.61. The maximum atomic E-state index is 10.9. The largest absolute Gasteiger partial charge is 0.384 e. The van der Waals surface area contributed by atoms with E-state index in [2.05, 4.69) is 66.5 Å². The quantitative estimate of drug-likeness (QED) is 0.658. The molecule has 1 nitrogen and oxygen atoms in total. The van der Waals surface area contributed by atoms with Crippen molar-refractivity contribution < 1.29 is 5.11 Å². The van der Waals surface area contributed by atoms with Gasteiger partial charge < -0.3 is 5.11 Å². The lowest BCUT2D eigenvalue weighted by Gasteiger charge is -2.23. The van der Waals surface area contributed by atoms with Gasteiger partial charge in [-0.25, -0.2) is 0 Å². The Labute approximate surface area is 143 Å². The fourth-order valence-electron chi connectivity index (χ4n) is 2.82. The Morgan fingerprint density at radius 2 is 1.29 bits per heavy atom. The summed E-state index contributed by atoms with van der Waals surface area (Å²) in [5, 5.41) is 10.9. The molecular weight excluding hydrogens is 392 g/mol. The van der Waals surface area contributed by atoms with Crippen LogP contribution < -0.4 is 0 Å². The highest BCUT2D eigenvalue weighted by molar-refractivity contribution is 9.11. The van der Waals surface area contributed by atoms with Gasteiger partial charge in [-0.3, -0.25) is 0 Å². The molecule has 0 radical (unpaired) electrons. The number of halogens is 2. The fourth-order valence-corrected chi connectivity index (χ4v) is 3.66. The summed E-state index contributed by atoms with van der Waals surface area (Å²) in [6, 6.07) is 5.89. The molecular formula is C18H20Br2O. The van der Waals surface area contributed by atoms with Crippen molar-refractivity contribution in [1.82, 2.24) is 0 Å². The van der Waals surface area contributed by atoms with E-state index in [1.807, 2.05) is 18.2 Å². The number of aliphatic hydroxyl groups excluding tert-OH is 1. The lowest BCUT2D eigenvalue weighted by molar-refractivity contribution is 0.217. The molecule has 0 fully saturated rings. The van der Waals surface area contributed by atoms with Crippen LogP contribution in [-0.2, 0) is 0 Å². The molecule has 1 atom stereocenters. The molecule has 2 rings (SSSR count). The van der Waals surface area contributed by atoms with E-state index in [0.29, 0.717) is 0 Å². The number of aliphatic hydroxyl groups is 1. The van der Waals surface area contributed by atoms with Crippen LogP contribution in [0.2, 0.25) is 0 Å². The van der Waals surface area contributed by atoms with E-state index in [-0.39, 0.29) is 0 Å². The van der Waals surface area contributed by atoms with Crippen LogP contribution in [0.3, 0.4) is 0 Å². The molecule has 0 aliphatic rings. The molecule has 0 aromatic heterocycles. The minimum absolute atomic E-state index is 0.630. The van der Waals surface area contributed by atoms with Gasteiger partial charge in [-0.05, 0) is 86.2 Å². The molecule has 0 aliphatic carbocycles. The van der Waals surface area contributed by atoms with Crippen molar-refractivity contribution in [3.05, 3.63) is 66.1 Å². The fraction of sp³-hybridized carbons (Fsp3) is 0.333. The lowest BCUT2D eigenvalue weighted by Crippen LogP contribution is -2.09. The van der Waals surface area contributed by atoms with E-state index < -0.39 is 6.10 Å². The SMILES string of the molecule is Cc1c(C)c(C)c(C(O)c2cc(Br)ccc2Br)c(C)c1C. The Morgan fingerprint density at radius 3 is 1.81 bits per heavy atom. The van der Waals surface area contributed by atoms with Crippen molar-refractivity contribution >= 4 is 31.9 Å². The number of benzene rings is 2. The van der Waals surface area contributed by atoms with Gasteiger partial charge in [0.1, 0.15) is 6.10 Å². The van der Waals surface area contributed by atoms with Crippen LogP contribution in [0, 0.1) is 34.6 Å². The molecule has 0 heterocycles. The van der Waals surface area contributed by atoms with Crippen LogP contribution in [-0.4, -0.2) is 5.11 Å². The predicted octanol–water partition coefficient (Wildman–Crippen LogP) is 5.84. The smallest absolute Gasteiger partial charge is 0.106 e. The molecule has 0 aliphatic heterocycles. The van der Waals surface area contributed by atoms with Gasteiger partial charge in [-0.1, -0.05) is 31.9 Å². The molecule has 21 heavy (non-hydrogen) atoms. The van der Waals surface area contributed by atoms with E-state index in [1.165, 1.54) is 27.8 Å². The zero-order valence-electron chi connectivity index (χ0n) is 13.0. The lowest BCUT2D eigenvalue weighted by atomic mass is 9.85. The maximum Gasteiger partial charge on any atom is 0.106 e. The first kappa shape index (κ1) is 16.7. The third-order valence-corrected chi connectivity index (χ3v) is 5.80. The molecule has 1 N–H and O–H groups in total. The molecule has 0 saturated heterocycles. The third kappa shape index (κ3) is 2.96. The second kappa shape index (κ2) is 6.23. The second-order valence-corrected chi connectivity index (χ2v) is 7.38. The van der Waals surface area contributed by atoms with E-state index in [0.717, 1.165) is 20.1 Å². The van der Waals surface area contributed by atoms with Gasteiger partial charge >= 0.3 is 0 Å². The standard InChI is InChI=1S/C18H20Br2O/c1-9-10(2)12(4)17(13(5)11(9)3)18(21)15-8-14(19)6-7-16(15)20/h6-8,18,21H,1-5H3. The van der Waals surface area contributed by atoms with Gasteiger partial charge in [-0.2, -0.15) is 0 Å². The summed E-state index contributed by atoms with van der Waals surface area (Å²) in [6.45, 7) is 10.6. The third-order valence-electron chi connectivity index (χ3n) is 4.58. The normalized spacial score (nSPS) is 12.6. The van der Waals surface area contributed by atoms with Crippen molar-refractivity contribution in [2.45, 2.75) is 40.7 Å². The monoisotopic (exact) mass is 410 g/mol. The summed E-state index contributed by atoms with van der Waals surface area (Å²) < 4.78 is 1.89. The molecule has 0 amide bonds. The first-order valence-electron chi connectivity index (χ1n) is 6.95. The van der Waals surface area contributed by atoms with E-state index in [9.17, 15) is 5.11 Å². The molecule has 0 saturated carbocycles. The number of hydrogen-bond donors (Lipinski definition) is 1. The molecule has 0 bridgehead atoms. The minimum Gasteiger partial charge on any atom is -0.384 e. The summed E-state index contributed by atoms with van der Waals surface area (Å²) in [4.78, 5) is 0. The topological polar surface area (TPSA) is 20.2 Å². The van der Waals surface area contributed by atoms with Crippen LogP contribution in [0.4, 0.5) is 0 Å². The Bertz CT molecular complexity index is 676. The highest BCUT2D eigenvalue weighted by Gasteiger charge is 2.21. The Kier molecular flexibility index (Phi) is 4.96. The van der Waals surface area contributed by atoms with Gasteiger partial charge in [-0.15, -0.1) is 0 Å². The zero-order chi connectivity index (χ0) is 15.9. The Hall–Kier alpha value is -0.640. The highest BCUT2D eigenvalue weighted by atomic mass is 79.9. The van der Waals surface area contributed by atoms with Crippen LogP contribution in [0.25, 0.3) is 0 Å². The average molecular weight is 412 g/mol. The van der Waals surface area contributed by atoms with E-state index in [4.69, 9.17) is 0 Å². The molecule has 0 spiro atoms. The van der Waals surface area contributed by atoms with Gasteiger partial charge in [0.25, 0.3) is 0 Å². The van der Waals surface area contributed by atoms with Gasteiger partial charge in [0.15, 0.2) is 0 Å². The molecule has 1 unspecified atom stereocenters. The predicted molar refractivity (Wildman–Crippen MR) is 96.0 cm³/mol. The van der Waals surface area contributed by atoms with Crippen molar-refractivity contribution in [1.29, 1.82) is 0 Å². The van der Waals surface area contributed by atoms with E-state index in [1.54, 1.807) is 0 Å². The van der Waals surface area contributed by atoms with Crippen LogP contribution in [0.5, 0.6) is 0 Å². The minimum atomic E-state index is -0.630. The zero-order valence-corrected chi connectivity index (χ0v) is 16.2. The van der Waals surface area contributed by atoms with Crippen LogP contribution in [0.1, 0.15) is 45.0 Å². The summed E-state index contributed by atoms with van der Waals surface area (Å²) in [5.41, 5.74) is 8.10. The molecule has 112 valence electrons. The molecule has 3 heteroatoms. The Balaban J connectivity index is 2.69. The molecule has 2 aromatic carbocycles. The maximum absolute atomic E-state index is 10.9. The summed E-state index contributed by atoms with van der Waals surface area (Å²) in [6.07, 6.45) is -0.630. The van der Waals surface area contributed by atoms with Crippen molar-refractivity contribution in [3.8, 4) is 0 Å². The average Bonchev–Trinajstić information content (AvgIpc) is 2.45. The van der Waals surface area contributed by atoms with Crippen LogP contribution >= 0.6 is 31.9 Å². The summed E-state index contributed by atoms with van der Waals surface area (Å²) in [5.74, 6) is 0. The van der Waals surface area contributed by atoms with Gasteiger partial charge in [0.05, 0.1) is 0 Å². The Morgan fingerprint density at radius 1 is 0.810 bits per heavy atom. The van der Waals surface area contributed by atoms with Gasteiger partial charge in [0.2, 0.25) is 0 Å². The van der Waals surface area contributed by atoms with Crippen molar-refractivity contribution in [2.24, 2.45) is 0 Å².